The molecule has 2 unspecified atom stereocenters. The topological polar surface area (TPSA) is 30.5 Å². The zero-order chi connectivity index (χ0) is 17.9. The fourth-order valence-electron chi connectivity index (χ4n) is 4.17. The summed E-state index contributed by atoms with van der Waals surface area (Å²) in [6, 6.07) is 14.7. The van der Waals surface area contributed by atoms with Gasteiger partial charge in [0.05, 0.1) is 12.7 Å². The van der Waals surface area contributed by atoms with Crippen molar-refractivity contribution in [3.8, 4) is 5.75 Å². The number of benzene rings is 2. The van der Waals surface area contributed by atoms with E-state index in [0.29, 0.717) is 25.0 Å². The molecule has 0 spiro atoms. The van der Waals surface area contributed by atoms with Gasteiger partial charge >= 0.3 is 0 Å². The molecule has 0 aliphatic carbocycles. The number of para-hydroxylation sites is 1. The van der Waals surface area contributed by atoms with Crippen molar-refractivity contribution in [3.05, 3.63) is 62.5 Å². The fraction of sp³-hybridized carbons (Fsp3) is 0.429. The molecule has 1 N–H and O–H groups in total. The van der Waals surface area contributed by atoms with Crippen molar-refractivity contribution in [1.29, 1.82) is 0 Å². The third kappa shape index (κ3) is 4.16. The largest absolute Gasteiger partial charge is 0.491 e. The second-order valence-corrected chi connectivity index (χ2v) is 8.92. The Kier molecular flexibility index (Phi) is 5.99. The standard InChI is InChI=1S/C21H23Br2NO2/c22-16-9-14(10-17(23)11-16)12-25-20-13-26-19-4-2-1-3-18(19)21(20)15-5-7-24-8-6-15/h1-4,9-11,15,20-21,24H,5-8,12-13H2. The van der Waals surface area contributed by atoms with E-state index in [9.17, 15) is 0 Å². The first kappa shape index (κ1) is 18.5. The molecule has 1 fully saturated rings. The first-order chi connectivity index (χ1) is 12.7. The summed E-state index contributed by atoms with van der Waals surface area (Å²) < 4.78 is 14.6. The van der Waals surface area contributed by atoms with Crippen LogP contribution < -0.4 is 10.1 Å². The summed E-state index contributed by atoms with van der Waals surface area (Å²) in [5.41, 5.74) is 2.47. The van der Waals surface area contributed by atoms with Crippen LogP contribution in [0.1, 0.15) is 29.9 Å². The van der Waals surface area contributed by atoms with Crippen molar-refractivity contribution in [2.75, 3.05) is 19.7 Å². The number of rotatable bonds is 4. The molecule has 3 nitrogen and oxygen atoms in total. The highest BCUT2D eigenvalue weighted by molar-refractivity contribution is 9.11. The van der Waals surface area contributed by atoms with Crippen LogP contribution in [0, 0.1) is 5.92 Å². The van der Waals surface area contributed by atoms with Gasteiger partial charge < -0.3 is 14.8 Å². The van der Waals surface area contributed by atoms with Crippen LogP contribution in [-0.4, -0.2) is 25.8 Å². The lowest BCUT2D eigenvalue weighted by molar-refractivity contribution is -0.0334. The molecular weight excluding hydrogens is 458 g/mol. The smallest absolute Gasteiger partial charge is 0.123 e. The van der Waals surface area contributed by atoms with Crippen LogP contribution in [0.4, 0.5) is 0 Å². The number of fused-ring (bicyclic) bond motifs is 1. The molecule has 0 bridgehead atoms. The maximum absolute atomic E-state index is 6.41. The molecule has 2 aromatic rings. The lowest BCUT2D eigenvalue weighted by Crippen LogP contribution is -2.41. The molecule has 26 heavy (non-hydrogen) atoms. The number of hydrogen-bond acceptors (Lipinski definition) is 3. The van der Waals surface area contributed by atoms with Gasteiger partial charge in [-0.05, 0) is 61.7 Å². The molecule has 0 radical (unpaired) electrons. The molecule has 1 saturated heterocycles. The predicted octanol–water partition coefficient (Wildman–Crippen LogP) is 5.27. The highest BCUT2D eigenvalue weighted by Gasteiger charge is 2.37. The van der Waals surface area contributed by atoms with Crippen molar-refractivity contribution in [1.82, 2.24) is 5.32 Å². The van der Waals surface area contributed by atoms with Crippen molar-refractivity contribution < 1.29 is 9.47 Å². The Labute approximate surface area is 171 Å². The first-order valence-electron chi connectivity index (χ1n) is 9.20. The number of piperidine rings is 1. The van der Waals surface area contributed by atoms with Gasteiger partial charge in [-0.25, -0.2) is 0 Å². The van der Waals surface area contributed by atoms with Crippen LogP contribution in [0.5, 0.6) is 5.75 Å². The van der Waals surface area contributed by atoms with Crippen molar-refractivity contribution in [3.63, 3.8) is 0 Å². The van der Waals surface area contributed by atoms with Crippen LogP contribution in [-0.2, 0) is 11.3 Å². The molecule has 5 heteroatoms. The molecule has 4 rings (SSSR count). The van der Waals surface area contributed by atoms with Crippen LogP contribution in [0.25, 0.3) is 0 Å². The Morgan fingerprint density at radius 1 is 1.04 bits per heavy atom. The summed E-state index contributed by atoms with van der Waals surface area (Å²) >= 11 is 7.12. The van der Waals surface area contributed by atoms with Gasteiger partial charge in [-0.15, -0.1) is 0 Å². The fourth-order valence-corrected chi connectivity index (χ4v) is 5.56. The normalized spacial score (nSPS) is 23.3. The van der Waals surface area contributed by atoms with E-state index in [1.165, 1.54) is 18.4 Å². The Balaban J connectivity index is 1.55. The maximum atomic E-state index is 6.41. The number of ether oxygens (including phenoxy) is 2. The molecule has 2 atom stereocenters. The molecule has 0 aromatic heterocycles. The van der Waals surface area contributed by atoms with Gasteiger partial charge in [0.25, 0.3) is 0 Å². The van der Waals surface area contributed by atoms with Gasteiger partial charge in [-0.2, -0.15) is 0 Å². The lowest BCUT2D eigenvalue weighted by Gasteiger charge is -2.40. The van der Waals surface area contributed by atoms with Crippen molar-refractivity contribution in [2.45, 2.75) is 31.5 Å². The minimum Gasteiger partial charge on any atom is -0.491 e. The molecule has 0 saturated carbocycles. The summed E-state index contributed by atoms with van der Waals surface area (Å²) in [4.78, 5) is 0. The lowest BCUT2D eigenvalue weighted by atomic mass is 9.76. The van der Waals surface area contributed by atoms with E-state index in [1.54, 1.807) is 0 Å². The van der Waals surface area contributed by atoms with Gasteiger partial charge in [-0.3, -0.25) is 0 Å². The molecule has 2 aliphatic rings. The predicted molar refractivity (Wildman–Crippen MR) is 111 cm³/mol. The van der Waals surface area contributed by atoms with Crippen molar-refractivity contribution in [2.24, 2.45) is 5.92 Å². The van der Waals surface area contributed by atoms with Crippen LogP contribution >= 0.6 is 31.9 Å². The van der Waals surface area contributed by atoms with E-state index in [-0.39, 0.29) is 6.10 Å². The van der Waals surface area contributed by atoms with E-state index < -0.39 is 0 Å². The van der Waals surface area contributed by atoms with Gasteiger partial charge in [0.1, 0.15) is 12.4 Å². The highest BCUT2D eigenvalue weighted by Crippen LogP contribution is 2.42. The number of hydrogen-bond donors (Lipinski definition) is 1. The Hall–Kier alpha value is -0.880. The van der Waals surface area contributed by atoms with Crippen LogP contribution in [0.3, 0.4) is 0 Å². The minimum atomic E-state index is 0.0887. The van der Waals surface area contributed by atoms with Gasteiger partial charge in [0.2, 0.25) is 0 Å². The van der Waals surface area contributed by atoms with E-state index in [0.717, 1.165) is 33.3 Å². The average Bonchev–Trinajstić information content (AvgIpc) is 2.66. The van der Waals surface area contributed by atoms with Crippen LogP contribution in [0.15, 0.2) is 51.4 Å². The summed E-state index contributed by atoms with van der Waals surface area (Å²) in [5.74, 6) is 2.07. The molecule has 2 heterocycles. The molecule has 0 amide bonds. The van der Waals surface area contributed by atoms with Crippen LogP contribution in [0.2, 0.25) is 0 Å². The van der Waals surface area contributed by atoms with Gasteiger partial charge in [-0.1, -0.05) is 50.1 Å². The quantitative estimate of drug-likeness (QED) is 0.646. The zero-order valence-electron chi connectivity index (χ0n) is 14.6. The number of nitrogens with one attached hydrogen (secondary N) is 1. The average molecular weight is 481 g/mol. The molecule has 138 valence electrons. The van der Waals surface area contributed by atoms with E-state index in [1.807, 2.05) is 6.07 Å². The highest BCUT2D eigenvalue weighted by atomic mass is 79.9. The number of halogens is 2. The van der Waals surface area contributed by atoms with Crippen molar-refractivity contribution >= 4 is 31.9 Å². The van der Waals surface area contributed by atoms with Gasteiger partial charge in [0.15, 0.2) is 0 Å². The summed E-state index contributed by atoms with van der Waals surface area (Å²) in [7, 11) is 0. The summed E-state index contributed by atoms with van der Waals surface area (Å²) in [6.45, 7) is 3.40. The summed E-state index contributed by atoms with van der Waals surface area (Å²) in [5, 5.41) is 3.48. The summed E-state index contributed by atoms with van der Waals surface area (Å²) in [6.07, 6.45) is 2.48. The minimum absolute atomic E-state index is 0.0887. The second-order valence-electron chi connectivity index (χ2n) is 7.09. The monoisotopic (exact) mass is 479 g/mol. The zero-order valence-corrected chi connectivity index (χ0v) is 17.8. The Bertz CT molecular complexity index is 741. The maximum Gasteiger partial charge on any atom is 0.123 e. The molecular formula is C21H23Br2NO2. The third-order valence-electron chi connectivity index (χ3n) is 5.36. The second kappa shape index (κ2) is 8.42. The molecule has 2 aliphatic heterocycles. The molecule has 2 aromatic carbocycles. The van der Waals surface area contributed by atoms with E-state index in [2.05, 4.69) is 73.6 Å². The Morgan fingerprint density at radius 3 is 2.54 bits per heavy atom. The Morgan fingerprint density at radius 2 is 1.77 bits per heavy atom. The van der Waals surface area contributed by atoms with E-state index >= 15 is 0 Å². The van der Waals surface area contributed by atoms with E-state index in [4.69, 9.17) is 9.47 Å². The SMILES string of the molecule is Brc1cc(Br)cc(COC2COc3ccccc3C2C2CCNCC2)c1. The van der Waals surface area contributed by atoms with Gasteiger partial charge in [0, 0.05) is 20.4 Å². The first-order valence-corrected chi connectivity index (χ1v) is 10.8. The third-order valence-corrected chi connectivity index (χ3v) is 6.28.